The predicted molar refractivity (Wildman–Crippen MR) is 107 cm³/mol. The molecule has 0 N–H and O–H groups in total. The molecular weight excluding hydrogens is 356 g/mol. The highest BCUT2D eigenvalue weighted by atomic mass is 32.2. The highest BCUT2D eigenvalue weighted by Gasteiger charge is 2.39. The molecule has 0 amide bonds. The van der Waals surface area contributed by atoms with Gasteiger partial charge in [0.1, 0.15) is 16.6 Å². The van der Waals surface area contributed by atoms with Crippen molar-refractivity contribution < 1.29 is 14.3 Å². The summed E-state index contributed by atoms with van der Waals surface area (Å²) in [6.07, 6.45) is 1.18. The first-order valence-corrected chi connectivity index (χ1v) is 9.86. The van der Waals surface area contributed by atoms with Gasteiger partial charge in [-0.2, -0.15) is 0 Å². The van der Waals surface area contributed by atoms with Crippen molar-refractivity contribution in [1.29, 1.82) is 0 Å². The van der Waals surface area contributed by atoms with Gasteiger partial charge in [-0.3, -0.25) is 0 Å². The van der Waals surface area contributed by atoms with E-state index in [1.165, 1.54) is 11.0 Å². The van der Waals surface area contributed by atoms with Crippen LogP contribution in [0.25, 0.3) is 0 Å². The summed E-state index contributed by atoms with van der Waals surface area (Å²) in [5, 5.41) is 0. The number of para-hydroxylation sites is 2. The monoisotopic (exact) mass is 375 g/mol. The zero-order valence-electron chi connectivity index (χ0n) is 15.2. The van der Waals surface area contributed by atoms with Crippen LogP contribution in [0.4, 0.5) is 0 Å². The van der Waals surface area contributed by atoms with Crippen molar-refractivity contribution in [2.24, 2.45) is 0 Å². The number of hydrogen-bond acceptors (Lipinski definition) is 3. The summed E-state index contributed by atoms with van der Waals surface area (Å²) in [5.74, 6) is 1.93. The molecule has 4 rings (SSSR count). The van der Waals surface area contributed by atoms with Crippen LogP contribution in [0.5, 0.6) is 17.2 Å². The fraction of sp³-hybridized carbons (Fsp3) is 0.0870. The van der Waals surface area contributed by atoms with Crippen LogP contribution in [-0.2, 0) is 15.7 Å². The Morgan fingerprint density at radius 2 is 1.48 bits per heavy atom. The highest BCUT2D eigenvalue weighted by Crippen LogP contribution is 2.47. The minimum absolute atomic E-state index is 0.287. The van der Waals surface area contributed by atoms with Gasteiger partial charge in [0.05, 0.1) is 0 Å². The van der Waals surface area contributed by atoms with Gasteiger partial charge in [0.2, 0.25) is 9.79 Å². The summed E-state index contributed by atoms with van der Waals surface area (Å²) in [7, 11) is -0.287. The molecule has 0 radical (unpaired) electrons. The second kappa shape index (κ2) is 6.97. The predicted octanol–water partition coefficient (Wildman–Crippen LogP) is 5.60. The maximum atomic E-state index is 11.6. The average molecular weight is 375 g/mol. The second-order valence-electron chi connectivity index (χ2n) is 6.31. The zero-order chi connectivity index (χ0) is 19.0. The maximum absolute atomic E-state index is 11.6. The summed E-state index contributed by atoms with van der Waals surface area (Å²) >= 11 is 0. The van der Waals surface area contributed by atoms with Gasteiger partial charge < -0.3 is 9.47 Å². The molecule has 3 aromatic rings. The Morgan fingerprint density at radius 3 is 2.00 bits per heavy atom. The standard InChI is InChI=1S/C23H19O3S/c1-4-22(24)26-23-15(2)13-17(14-16(23)3)27-20-11-7-5-9-18(20)25-19-10-6-8-12-21(19)27/h4-14H,1H2,2-3H3/q+1. The molecule has 0 aromatic heterocycles. The largest absolute Gasteiger partial charge is 0.447 e. The van der Waals surface area contributed by atoms with E-state index in [2.05, 4.69) is 30.8 Å². The Bertz CT molecular complexity index is 986. The number of esters is 1. The van der Waals surface area contributed by atoms with Crippen molar-refractivity contribution in [3.05, 3.63) is 84.4 Å². The van der Waals surface area contributed by atoms with E-state index in [4.69, 9.17) is 9.47 Å². The number of rotatable bonds is 3. The number of aryl methyl sites for hydroxylation is 2. The Labute approximate surface area is 161 Å². The minimum atomic E-state index is -0.446. The van der Waals surface area contributed by atoms with Gasteiger partial charge in [0.25, 0.3) is 0 Å². The van der Waals surface area contributed by atoms with E-state index >= 15 is 0 Å². The Kier molecular flexibility index (Phi) is 4.50. The van der Waals surface area contributed by atoms with Gasteiger partial charge in [-0.1, -0.05) is 30.8 Å². The molecule has 0 spiro atoms. The lowest BCUT2D eigenvalue weighted by molar-refractivity contribution is -0.129. The van der Waals surface area contributed by atoms with Gasteiger partial charge in [-0.05, 0) is 49.2 Å². The van der Waals surface area contributed by atoms with Crippen molar-refractivity contribution in [1.82, 2.24) is 0 Å². The summed E-state index contributed by atoms with van der Waals surface area (Å²) in [4.78, 5) is 15.1. The maximum Gasteiger partial charge on any atom is 0.335 e. The number of carbonyl (C=O) groups excluding carboxylic acids is 1. The Hall–Kier alpha value is -2.98. The Balaban J connectivity index is 1.87. The molecule has 0 atom stereocenters. The third kappa shape index (κ3) is 3.13. The average Bonchev–Trinajstić information content (AvgIpc) is 2.68. The molecule has 0 aliphatic carbocycles. The van der Waals surface area contributed by atoms with E-state index in [0.29, 0.717) is 5.75 Å². The number of benzene rings is 3. The molecule has 0 fully saturated rings. The molecule has 4 heteroatoms. The van der Waals surface area contributed by atoms with Crippen LogP contribution in [0.1, 0.15) is 11.1 Å². The molecule has 27 heavy (non-hydrogen) atoms. The summed E-state index contributed by atoms with van der Waals surface area (Å²) in [5.41, 5.74) is 1.85. The van der Waals surface area contributed by atoms with Crippen molar-refractivity contribution in [3.8, 4) is 17.2 Å². The van der Waals surface area contributed by atoms with Gasteiger partial charge in [-0.25, -0.2) is 4.79 Å². The van der Waals surface area contributed by atoms with Crippen LogP contribution in [0.15, 0.2) is 88.0 Å². The van der Waals surface area contributed by atoms with Gasteiger partial charge >= 0.3 is 5.97 Å². The first-order valence-electron chi connectivity index (χ1n) is 8.64. The molecule has 0 unspecified atom stereocenters. The van der Waals surface area contributed by atoms with E-state index in [-0.39, 0.29) is 10.9 Å². The van der Waals surface area contributed by atoms with Gasteiger partial charge in [-0.15, -0.1) is 0 Å². The highest BCUT2D eigenvalue weighted by molar-refractivity contribution is 7.97. The van der Waals surface area contributed by atoms with E-state index in [0.717, 1.165) is 32.4 Å². The summed E-state index contributed by atoms with van der Waals surface area (Å²) in [6, 6.07) is 20.5. The number of ether oxygens (including phenoxy) is 2. The van der Waals surface area contributed by atoms with Crippen LogP contribution in [-0.4, -0.2) is 5.97 Å². The van der Waals surface area contributed by atoms with E-state index in [1.807, 2.05) is 50.2 Å². The fourth-order valence-corrected chi connectivity index (χ4v) is 5.61. The first kappa shape index (κ1) is 17.4. The van der Waals surface area contributed by atoms with Crippen LogP contribution < -0.4 is 9.47 Å². The van der Waals surface area contributed by atoms with E-state index < -0.39 is 5.97 Å². The van der Waals surface area contributed by atoms with Gasteiger partial charge in [0.15, 0.2) is 16.4 Å². The van der Waals surface area contributed by atoms with Crippen molar-refractivity contribution in [2.75, 3.05) is 0 Å². The second-order valence-corrected chi connectivity index (χ2v) is 8.28. The normalized spacial score (nSPS) is 12.5. The summed E-state index contributed by atoms with van der Waals surface area (Å²) in [6.45, 7) is 7.39. The van der Waals surface area contributed by atoms with Crippen molar-refractivity contribution in [3.63, 3.8) is 0 Å². The minimum Gasteiger partial charge on any atom is -0.447 e. The van der Waals surface area contributed by atoms with E-state index in [1.54, 1.807) is 0 Å². The number of hydrogen-bond donors (Lipinski definition) is 0. The lowest BCUT2D eigenvalue weighted by Gasteiger charge is -2.20. The molecule has 3 nitrogen and oxygen atoms in total. The zero-order valence-corrected chi connectivity index (χ0v) is 16.0. The Morgan fingerprint density at radius 1 is 0.963 bits per heavy atom. The van der Waals surface area contributed by atoms with Crippen molar-refractivity contribution in [2.45, 2.75) is 28.5 Å². The summed E-state index contributed by atoms with van der Waals surface area (Å²) < 4.78 is 11.5. The smallest absolute Gasteiger partial charge is 0.335 e. The molecule has 0 saturated heterocycles. The fourth-order valence-electron chi connectivity index (χ4n) is 3.23. The molecule has 1 aliphatic heterocycles. The number of fused-ring (bicyclic) bond motifs is 2. The lowest BCUT2D eigenvalue weighted by Crippen LogP contribution is -2.13. The molecule has 1 aliphatic rings. The molecule has 0 bridgehead atoms. The SMILES string of the molecule is C=CC(=O)Oc1c(C)cc([S+]2c3ccccc3Oc3ccccc32)cc1C. The lowest BCUT2D eigenvalue weighted by atomic mass is 10.1. The van der Waals surface area contributed by atoms with Gasteiger partial charge in [0, 0.05) is 18.2 Å². The first-order chi connectivity index (χ1) is 13.1. The van der Waals surface area contributed by atoms with Crippen LogP contribution in [0, 0.1) is 13.8 Å². The van der Waals surface area contributed by atoms with Crippen LogP contribution >= 0.6 is 0 Å². The van der Waals surface area contributed by atoms with Crippen LogP contribution in [0.2, 0.25) is 0 Å². The topological polar surface area (TPSA) is 35.5 Å². The number of carbonyl (C=O) groups is 1. The molecule has 134 valence electrons. The van der Waals surface area contributed by atoms with Crippen LogP contribution in [0.3, 0.4) is 0 Å². The molecule has 3 aromatic carbocycles. The third-order valence-corrected chi connectivity index (χ3v) is 6.66. The quantitative estimate of drug-likeness (QED) is 0.202. The van der Waals surface area contributed by atoms with Crippen molar-refractivity contribution >= 4 is 16.9 Å². The third-order valence-electron chi connectivity index (χ3n) is 4.40. The molecular formula is C23H19O3S+. The molecule has 0 saturated carbocycles. The molecule has 1 heterocycles. The van der Waals surface area contributed by atoms with E-state index in [9.17, 15) is 4.79 Å².